The molecular weight excluding hydrogens is 284 g/mol. The molecule has 19 heavy (non-hydrogen) atoms. The predicted molar refractivity (Wildman–Crippen MR) is 78.4 cm³/mol. The highest BCUT2D eigenvalue weighted by Crippen LogP contribution is 2.29. The summed E-state index contributed by atoms with van der Waals surface area (Å²) in [5, 5.41) is 9.50. The maximum atomic E-state index is 12.3. The first-order valence-electron chi connectivity index (χ1n) is 6.98. The molecule has 1 saturated heterocycles. The summed E-state index contributed by atoms with van der Waals surface area (Å²) in [4.78, 5) is 0. The van der Waals surface area contributed by atoms with Gasteiger partial charge in [-0.3, -0.25) is 0 Å². The molecule has 0 radical (unpaired) electrons. The molecule has 1 heterocycles. The summed E-state index contributed by atoms with van der Waals surface area (Å²) < 4.78 is 29.1. The van der Waals surface area contributed by atoms with Gasteiger partial charge in [0.1, 0.15) is 0 Å². The van der Waals surface area contributed by atoms with Crippen molar-refractivity contribution in [3.05, 3.63) is 0 Å². The molecule has 2 atom stereocenters. The Kier molecular flexibility index (Phi) is 5.54. The van der Waals surface area contributed by atoms with Crippen molar-refractivity contribution >= 4 is 22.0 Å². The Balaban J connectivity index is 1.91. The van der Waals surface area contributed by atoms with Gasteiger partial charge >= 0.3 is 0 Å². The fourth-order valence-electron chi connectivity index (χ4n) is 2.94. The van der Waals surface area contributed by atoms with Crippen LogP contribution in [-0.2, 0) is 10.2 Å². The third-order valence-corrected chi connectivity index (χ3v) is 7.04. The van der Waals surface area contributed by atoms with E-state index in [4.69, 9.17) is 5.11 Å². The second-order valence-corrected chi connectivity index (χ2v) is 8.24. The highest BCUT2D eigenvalue weighted by molar-refractivity contribution is 7.99. The van der Waals surface area contributed by atoms with E-state index in [9.17, 15) is 8.42 Å². The fraction of sp³-hybridized carbons (Fsp3) is 1.00. The van der Waals surface area contributed by atoms with Crippen molar-refractivity contribution in [3.8, 4) is 0 Å². The van der Waals surface area contributed by atoms with E-state index in [0.29, 0.717) is 18.3 Å². The molecule has 1 aliphatic carbocycles. The Morgan fingerprint density at radius 1 is 1.26 bits per heavy atom. The Labute approximate surface area is 120 Å². The number of aliphatic hydroxyl groups is 1. The van der Waals surface area contributed by atoms with E-state index in [1.165, 1.54) is 4.31 Å². The zero-order valence-corrected chi connectivity index (χ0v) is 13.0. The lowest BCUT2D eigenvalue weighted by atomic mass is 10.00. The van der Waals surface area contributed by atoms with E-state index < -0.39 is 10.2 Å². The number of thioether (sulfide) groups is 1. The number of rotatable bonds is 5. The summed E-state index contributed by atoms with van der Waals surface area (Å²) in [6, 6.07) is 0.0792. The molecule has 2 aliphatic rings. The van der Waals surface area contributed by atoms with Gasteiger partial charge in [0.05, 0.1) is 0 Å². The number of nitrogens with one attached hydrogen (secondary N) is 1. The topological polar surface area (TPSA) is 69.6 Å². The number of hydrogen-bond acceptors (Lipinski definition) is 4. The summed E-state index contributed by atoms with van der Waals surface area (Å²) >= 11 is 1.75. The first-order chi connectivity index (χ1) is 9.06. The maximum Gasteiger partial charge on any atom is 0.279 e. The van der Waals surface area contributed by atoms with Gasteiger partial charge in [-0.05, 0) is 37.9 Å². The summed E-state index contributed by atoms with van der Waals surface area (Å²) in [6.45, 7) is 1.22. The third-order valence-electron chi connectivity index (χ3n) is 4.23. The van der Waals surface area contributed by atoms with Crippen molar-refractivity contribution < 1.29 is 13.5 Å². The molecule has 1 saturated carbocycles. The molecule has 2 rings (SSSR count). The SMILES string of the molecule is CSC1CCCC1NS(=O)(=O)N1CCC(CO)CC1. The first kappa shape index (κ1) is 15.6. The average molecular weight is 308 g/mol. The first-order valence-corrected chi connectivity index (χ1v) is 9.70. The van der Waals surface area contributed by atoms with Crippen LogP contribution in [0.5, 0.6) is 0 Å². The Morgan fingerprint density at radius 2 is 1.95 bits per heavy atom. The molecule has 0 spiro atoms. The highest BCUT2D eigenvalue weighted by atomic mass is 32.2. The Morgan fingerprint density at radius 3 is 2.53 bits per heavy atom. The predicted octanol–water partition coefficient (Wildman–Crippen LogP) is 0.809. The van der Waals surface area contributed by atoms with Gasteiger partial charge in [-0.1, -0.05) is 6.42 Å². The van der Waals surface area contributed by atoms with Gasteiger partial charge in [-0.25, -0.2) is 0 Å². The summed E-state index contributed by atoms with van der Waals surface area (Å²) in [7, 11) is -3.35. The molecule has 112 valence electrons. The highest BCUT2D eigenvalue weighted by Gasteiger charge is 2.34. The van der Waals surface area contributed by atoms with Crippen LogP contribution in [-0.4, -0.2) is 55.1 Å². The number of aliphatic hydroxyl groups excluding tert-OH is 1. The Hall–Kier alpha value is 0.180. The zero-order chi connectivity index (χ0) is 13.9. The van der Waals surface area contributed by atoms with Gasteiger partial charge in [0.2, 0.25) is 0 Å². The minimum atomic E-state index is -3.35. The van der Waals surface area contributed by atoms with Crippen molar-refractivity contribution in [2.75, 3.05) is 26.0 Å². The van der Waals surface area contributed by atoms with Crippen LogP contribution in [0.15, 0.2) is 0 Å². The van der Waals surface area contributed by atoms with Gasteiger partial charge in [-0.15, -0.1) is 0 Å². The number of piperidine rings is 1. The molecule has 2 fully saturated rings. The lowest BCUT2D eigenvalue weighted by molar-refractivity contribution is 0.169. The van der Waals surface area contributed by atoms with Crippen molar-refractivity contribution in [1.29, 1.82) is 0 Å². The monoisotopic (exact) mass is 308 g/mol. The van der Waals surface area contributed by atoms with Gasteiger partial charge in [0, 0.05) is 31.0 Å². The minimum Gasteiger partial charge on any atom is -0.396 e. The molecule has 0 aromatic carbocycles. The summed E-state index contributed by atoms with van der Waals surface area (Å²) in [5.41, 5.74) is 0. The number of hydrogen-bond donors (Lipinski definition) is 2. The average Bonchev–Trinajstić information content (AvgIpc) is 2.85. The van der Waals surface area contributed by atoms with Crippen LogP contribution < -0.4 is 4.72 Å². The smallest absolute Gasteiger partial charge is 0.279 e. The van der Waals surface area contributed by atoms with Gasteiger partial charge in [0.15, 0.2) is 0 Å². The van der Waals surface area contributed by atoms with Crippen LogP contribution in [0.4, 0.5) is 0 Å². The third kappa shape index (κ3) is 3.85. The molecule has 5 nitrogen and oxygen atoms in total. The standard InChI is InChI=1S/C12H24N2O3S2/c1-18-12-4-2-3-11(12)13-19(16,17)14-7-5-10(9-15)6-8-14/h10-13,15H,2-9H2,1H3. The van der Waals surface area contributed by atoms with Gasteiger partial charge in [-0.2, -0.15) is 29.2 Å². The minimum absolute atomic E-state index is 0.0792. The summed E-state index contributed by atoms with van der Waals surface area (Å²) in [5.74, 6) is 0.261. The van der Waals surface area contributed by atoms with Gasteiger partial charge in [0.25, 0.3) is 10.2 Å². The van der Waals surface area contributed by atoms with E-state index in [2.05, 4.69) is 4.72 Å². The molecule has 2 unspecified atom stereocenters. The molecule has 7 heteroatoms. The Bertz CT molecular complexity index is 380. The lowest BCUT2D eigenvalue weighted by Gasteiger charge is -2.32. The van der Waals surface area contributed by atoms with E-state index in [0.717, 1.165) is 32.1 Å². The van der Waals surface area contributed by atoms with Crippen LogP contribution in [0.1, 0.15) is 32.1 Å². The largest absolute Gasteiger partial charge is 0.396 e. The quantitative estimate of drug-likeness (QED) is 0.788. The summed E-state index contributed by atoms with van der Waals surface area (Å²) in [6.07, 6.45) is 6.70. The van der Waals surface area contributed by atoms with Crippen LogP contribution in [0, 0.1) is 5.92 Å². The molecular formula is C12H24N2O3S2. The van der Waals surface area contributed by atoms with E-state index in [1.807, 2.05) is 6.26 Å². The van der Waals surface area contributed by atoms with E-state index in [-0.39, 0.29) is 18.6 Å². The molecule has 0 bridgehead atoms. The normalized spacial score (nSPS) is 30.8. The van der Waals surface area contributed by atoms with Crippen LogP contribution in [0.2, 0.25) is 0 Å². The maximum absolute atomic E-state index is 12.3. The second kappa shape index (κ2) is 6.76. The number of nitrogens with zero attached hydrogens (tertiary/aromatic N) is 1. The molecule has 1 aliphatic heterocycles. The molecule has 2 N–H and O–H groups in total. The van der Waals surface area contributed by atoms with Gasteiger partial charge < -0.3 is 5.11 Å². The van der Waals surface area contributed by atoms with Crippen molar-refractivity contribution in [1.82, 2.24) is 9.03 Å². The lowest BCUT2D eigenvalue weighted by Crippen LogP contribution is -2.49. The van der Waals surface area contributed by atoms with Crippen LogP contribution in [0.25, 0.3) is 0 Å². The van der Waals surface area contributed by atoms with E-state index in [1.54, 1.807) is 11.8 Å². The fourth-order valence-corrected chi connectivity index (χ4v) is 5.47. The molecule has 0 amide bonds. The van der Waals surface area contributed by atoms with Crippen LogP contribution in [0.3, 0.4) is 0 Å². The molecule has 0 aromatic rings. The van der Waals surface area contributed by atoms with Crippen LogP contribution >= 0.6 is 11.8 Å². The zero-order valence-electron chi connectivity index (χ0n) is 11.4. The second-order valence-electron chi connectivity index (χ2n) is 5.46. The molecule has 0 aromatic heterocycles. The van der Waals surface area contributed by atoms with Crippen molar-refractivity contribution in [3.63, 3.8) is 0 Å². The van der Waals surface area contributed by atoms with E-state index >= 15 is 0 Å². The van der Waals surface area contributed by atoms with Crippen molar-refractivity contribution in [2.45, 2.75) is 43.4 Å². The van der Waals surface area contributed by atoms with Crippen molar-refractivity contribution in [2.24, 2.45) is 5.92 Å².